The van der Waals surface area contributed by atoms with Gasteiger partial charge in [0, 0.05) is 37.4 Å². The Balaban J connectivity index is 1.70. The lowest BCUT2D eigenvalue weighted by Crippen LogP contribution is -2.34. The molecule has 1 aliphatic rings. The summed E-state index contributed by atoms with van der Waals surface area (Å²) in [5.74, 6) is 3.30. The lowest BCUT2D eigenvalue weighted by Gasteiger charge is -2.32. The SMILES string of the molecule is C=CCSc1nnc([C@H]2CCCN(Cc3cc(OC)ccc3O)C2)n1C. The second-order valence-corrected chi connectivity index (χ2v) is 7.56. The molecule has 1 fully saturated rings. The Kier molecular flexibility index (Phi) is 6.21. The van der Waals surface area contributed by atoms with E-state index in [4.69, 9.17) is 4.74 Å². The molecule has 2 aromatic rings. The summed E-state index contributed by atoms with van der Waals surface area (Å²) < 4.78 is 7.38. The molecule has 6 nitrogen and oxygen atoms in total. The van der Waals surface area contributed by atoms with Crippen molar-refractivity contribution in [1.82, 2.24) is 19.7 Å². The first kappa shape index (κ1) is 18.8. The van der Waals surface area contributed by atoms with Crippen molar-refractivity contribution < 1.29 is 9.84 Å². The molecule has 1 aliphatic heterocycles. The number of rotatable bonds is 7. The molecule has 0 unspecified atom stereocenters. The zero-order valence-electron chi connectivity index (χ0n) is 15.4. The fourth-order valence-corrected chi connectivity index (χ4v) is 4.06. The molecule has 140 valence electrons. The van der Waals surface area contributed by atoms with E-state index in [0.29, 0.717) is 18.2 Å². The number of benzene rings is 1. The third-order valence-electron chi connectivity index (χ3n) is 4.75. The van der Waals surface area contributed by atoms with Crippen LogP contribution in [0.4, 0.5) is 0 Å². The lowest BCUT2D eigenvalue weighted by molar-refractivity contribution is 0.193. The van der Waals surface area contributed by atoms with Gasteiger partial charge >= 0.3 is 0 Å². The Morgan fingerprint density at radius 3 is 3.04 bits per heavy atom. The van der Waals surface area contributed by atoms with E-state index in [1.807, 2.05) is 19.2 Å². The molecule has 0 bridgehead atoms. The fourth-order valence-electron chi connectivity index (χ4n) is 3.41. The summed E-state index contributed by atoms with van der Waals surface area (Å²) >= 11 is 1.65. The number of methoxy groups -OCH3 is 1. The van der Waals surface area contributed by atoms with Crippen LogP contribution in [-0.2, 0) is 13.6 Å². The summed E-state index contributed by atoms with van der Waals surface area (Å²) in [6, 6.07) is 5.38. The predicted octanol–water partition coefficient (Wildman–Crippen LogP) is 3.19. The fraction of sp³-hybridized carbons (Fsp3) is 0.474. The van der Waals surface area contributed by atoms with Gasteiger partial charge < -0.3 is 14.4 Å². The van der Waals surface area contributed by atoms with E-state index in [-0.39, 0.29) is 0 Å². The molecule has 0 radical (unpaired) electrons. The summed E-state index contributed by atoms with van der Waals surface area (Å²) in [4.78, 5) is 2.37. The van der Waals surface area contributed by atoms with Gasteiger partial charge in [0.2, 0.25) is 0 Å². The first-order valence-electron chi connectivity index (χ1n) is 8.83. The maximum atomic E-state index is 10.2. The zero-order valence-corrected chi connectivity index (χ0v) is 16.2. The maximum Gasteiger partial charge on any atom is 0.191 e. The average molecular weight is 375 g/mol. The summed E-state index contributed by atoms with van der Waals surface area (Å²) in [5, 5.41) is 19.9. The first-order chi connectivity index (χ1) is 12.6. The zero-order chi connectivity index (χ0) is 18.5. The number of thioether (sulfide) groups is 1. The van der Waals surface area contributed by atoms with E-state index >= 15 is 0 Å². The van der Waals surface area contributed by atoms with Crippen LogP contribution in [0.15, 0.2) is 36.0 Å². The smallest absolute Gasteiger partial charge is 0.191 e. The number of aromatic nitrogens is 3. The van der Waals surface area contributed by atoms with Crippen LogP contribution in [0.1, 0.15) is 30.1 Å². The van der Waals surface area contributed by atoms with Gasteiger partial charge in [-0.05, 0) is 37.6 Å². The number of likely N-dealkylation sites (tertiary alicyclic amines) is 1. The molecule has 3 rings (SSSR count). The van der Waals surface area contributed by atoms with Gasteiger partial charge in [-0.2, -0.15) is 0 Å². The second-order valence-electron chi connectivity index (χ2n) is 6.57. The Bertz CT molecular complexity index is 762. The van der Waals surface area contributed by atoms with Gasteiger partial charge in [0.05, 0.1) is 7.11 Å². The van der Waals surface area contributed by atoms with Gasteiger partial charge in [-0.1, -0.05) is 17.8 Å². The van der Waals surface area contributed by atoms with Crippen LogP contribution < -0.4 is 4.74 Å². The van der Waals surface area contributed by atoms with Gasteiger partial charge in [0.1, 0.15) is 17.3 Å². The van der Waals surface area contributed by atoms with Gasteiger partial charge in [-0.15, -0.1) is 16.8 Å². The summed E-state index contributed by atoms with van der Waals surface area (Å²) in [6.07, 6.45) is 4.10. The molecule has 1 saturated heterocycles. The van der Waals surface area contributed by atoms with Crippen LogP contribution in [0, 0.1) is 0 Å². The highest BCUT2D eigenvalue weighted by molar-refractivity contribution is 7.99. The Morgan fingerprint density at radius 1 is 1.42 bits per heavy atom. The van der Waals surface area contributed by atoms with Gasteiger partial charge in [0.25, 0.3) is 0 Å². The highest BCUT2D eigenvalue weighted by Crippen LogP contribution is 2.30. The van der Waals surface area contributed by atoms with E-state index < -0.39 is 0 Å². The van der Waals surface area contributed by atoms with Crippen LogP contribution >= 0.6 is 11.8 Å². The molecule has 0 saturated carbocycles. The summed E-state index contributed by atoms with van der Waals surface area (Å²) in [6.45, 7) is 6.39. The van der Waals surface area contributed by atoms with Crippen molar-refractivity contribution >= 4 is 11.8 Å². The van der Waals surface area contributed by atoms with E-state index in [1.54, 1.807) is 31.0 Å². The molecule has 7 heteroatoms. The molecule has 1 N–H and O–H groups in total. The monoisotopic (exact) mass is 374 g/mol. The van der Waals surface area contributed by atoms with Gasteiger partial charge in [-0.3, -0.25) is 4.90 Å². The molecule has 2 heterocycles. The van der Waals surface area contributed by atoms with Crippen LogP contribution in [0.5, 0.6) is 11.5 Å². The number of phenolic OH excluding ortho intramolecular Hbond substituents is 1. The van der Waals surface area contributed by atoms with Crippen molar-refractivity contribution in [2.45, 2.75) is 30.5 Å². The van der Waals surface area contributed by atoms with E-state index in [9.17, 15) is 5.11 Å². The molecule has 0 aliphatic carbocycles. The summed E-state index contributed by atoms with van der Waals surface area (Å²) in [5.41, 5.74) is 0.894. The van der Waals surface area contributed by atoms with Crippen LogP contribution in [0.25, 0.3) is 0 Å². The van der Waals surface area contributed by atoms with Crippen molar-refractivity contribution in [3.8, 4) is 11.5 Å². The highest BCUT2D eigenvalue weighted by atomic mass is 32.2. The van der Waals surface area contributed by atoms with Crippen LogP contribution in [0.3, 0.4) is 0 Å². The van der Waals surface area contributed by atoms with E-state index in [2.05, 4.69) is 26.2 Å². The molecule has 0 amide bonds. The average Bonchev–Trinajstić information content (AvgIpc) is 3.02. The maximum absolute atomic E-state index is 10.2. The number of phenols is 1. The standard InChI is InChI=1S/C19H26N4O2S/c1-4-10-26-19-21-20-18(22(19)2)14-6-5-9-23(12-14)13-15-11-16(25-3)7-8-17(15)24/h4,7-8,11,14,24H,1,5-6,9-10,12-13H2,2-3H3/t14-/m0/s1. The van der Waals surface area contributed by atoms with Gasteiger partial charge in [-0.25, -0.2) is 0 Å². The molecule has 26 heavy (non-hydrogen) atoms. The number of piperidine rings is 1. The Morgan fingerprint density at radius 2 is 2.27 bits per heavy atom. The van der Waals surface area contributed by atoms with Crippen molar-refractivity contribution in [3.63, 3.8) is 0 Å². The Labute approximate surface area is 158 Å². The first-order valence-corrected chi connectivity index (χ1v) is 9.82. The predicted molar refractivity (Wildman–Crippen MR) is 104 cm³/mol. The minimum absolute atomic E-state index is 0.315. The minimum atomic E-state index is 0.315. The number of nitrogens with zero attached hydrogens (tertiary/aromatic N) is 4. The largest absolute Gasteiger partial charge is 0.508 e. The third kappa shape index (κ3) is 4.22. The summed E-state index contributed by atoms with van der Waals surface area (Å²) in [7, 11) is 3.68. The lowest BCUT2D eigenvalue weighted by atomic mass is 9.96. The quantitative estimate of drug-likeness (QED) is 0.593. The molecule has 1 aromatic heterocycles. The topological polar surface area (TPSA) is 63.4 Å². The molecule has 1 aromatic carbocycles. The van der Waals surface area contributed by atoms with Gasteiger partial charge in [0.15, 0.2) is 5.16 Å². The number of hydrogen-bond acceptors (Lipinski definition) is 6. The number of ether oxygens (including phenoxy) is 1. The third-order valence-corrected chi connectivity index (χ3v) is 5.77. The minimum Gasteiger partial charge on any atom is -0.508 e. The van der Waals surface area contributed by atoms with Crippen LogP contribution in [-0.4, -0.2) is 50.7 Å². The van der Waals surface area contributed by atoms with Crippen molar-refractivity contribution in [2.75, 3.05) is 26.0 Å². The molecule has 1 atom stereocenters. The second kappa shape index (κ2) is 8.60. The number of hydrogen-bond donors (Lipinski definition) is 1. The van der Waals surface area contributed by atoms with Crippen molar-refractivity contribution in [2.24, 2.45) is 7.05 Å². The number of aromatic hydroxyl groups is 1. The van der Waals surface area contributed by atoms with Crippen molar-refractivity contribution in [3.05, 3.63) is 42.2 Å². The van der Waals surface area contributed by atoms with E-state index in [0.717, 1.165) is 54.0 Å². The molecular weight excluding hydrogens is 348 g/mol. The van der Waals surface area contributed by atoms with E-state index in [1.165, 1.54) is 0 Å². The van der Waals surface area contributed by atoms with Crippen molar-refractivity contribution in [1.29, 1.82) is 0 Å². The molecule has 0 spiro atoms. The normalized spacial score (nSPS) is 18.0. The molecular formula is C19H26N4O2S. The highest BCUT2D eigenvalue weighted by Gasteiger charge is 2.26. The Hall–Kier alpha value is -1.99. The van der Waals surface area contributed by atoms with Crippen LogP contribution in [0.2, 0.25) is 0 Å².